The average Bonchev–Trinajstić information content (AvgIpc) is 2.66. The minimum Gasteiger partial charge on any atom is -0.494 e. The summed E-state index contributed by atoms with van der Waals surface area (Å²) in [4.78, 5) is 37.3. The second-order valence-corrected chi connectivity index (χ2v) is 5.65. The molecule has 0 aromatic heterocycles. The maximum absolute atomic E-state index is 12.4. The van der Waals surface area contributed by atoms with Crippen LogP contribution in [-0.2, 0) is 14.3 Å². The van der Waals surface area contributed by atoms with E-state index in [2.05, 4.69) is 10.1 Å². The molecule has 0 saturated heterocycles. The van der Waals surface area contributed by atoms with Gasteiger partial charge in [0, 0.05) is 18.3 Å². The minimum absolute atomic E-state index is 0.161. The molecule has 2 rings (SSSR count). The number of methoxy groups -OCH3 is 1. The highest BCUT2D eigenvalue weighted by Gasteiger charge is 2.16. The minimum atomic E-state index is -0.495. The van der Waals surface area contributed by atoms with E-state index in [-0.39, 0.29) is 18.4 Å². The fraction of sp³-hybridized carbons (Fsp3) is 0.250. The van der Waals surface area contributed by atoms with E-state index in [4.69, 9.17) is 4.74 Å². The molecular formula is C20H22N2O5. The van der Waals surface area contributed by atoms with Gasteiger partial charge in [0.05, 0.1) is 19.3 Å². The fourth-order valence-electron chi connectivity index (χ4n) is 2.46. The summed E-state index contributed by atoms with van der Waals surface area (Å²) in [7, 11) is 1.29. The molecule has 0 atom stereocenters. The van der Waals surface area contributed by atoms with Crippen LogP contribution in [0.2, 0.25) is 0 Å². The first kappa shape index (κ1) is 20.0. The zero-order valence-electron chi connectivity index (χ0n) is 15.5. The van der Waals surface area contributed by atoms with Crippen LogP contribution in [0.4, 0.5) is 11.4 Å². The van der Waals surface area contributed by atoms with Crippen molar-refractivity contribution in [2.45, 2.75) is 13.8 Å². The summed E-state index contributed by atoms with van der Waals surface area (Å²) in [5, 5.41) is 2.68. The van der Waals surface area contributed by atoms with Gasteiger partial charge in [0.25, 0.3) is 0 Å². The van der Waals surface area contributed by atoms with Crippen molar-refractivity contribution in [2.24, 2.45) is 0 Å². The molecule has 7 heteroatoms. The predicted molar refractivity (Wildman–Crippen MR) is 102 cm³/mol. The van der Waals surface area contributed by atoms with Crippen LogP contribution >= 0.6 is 0 Å². The van der Waals surface area contributed by atoms with Gasteiger partial charge in [-0.25, -0.2) is 4.79 Å². The third-order valence-corrected chi connectivity index (χ3v) is 3.71. The molecule has 0 radical (unpaired) electrons. The molecule has 0 saturated carbocycles. The van der Waals surface area contributed by atoms with Crippen LogP contribution in [-0.4, -0.2) is 38.0 Å². The average molecular weight is 370 g/mol. The predicted octanol–water partition coefficient (Wildman–Crippen LogP) is 2.86. The van der Waals surface area contributed by atoms with Crippen molar-refractivity contribution < 1.29 is 23.9 Å². The molecule has 2 aromatic rings. The highest BCUT2D eigenvalue weighted by Crippen LogP contribution is 2.20. The molecule has 2 aromatic carbocycles. The Bertz CT molecular complexity index is 817. The molecule has 1 N–H and O–H groups in total. The number of rotatable bonds is 7. The number of esters is 1. The van der Waals surface area contributed by atoms with Crippen LogP contribution in [0.1, 0.15) is 24.2 Å². The van der Waals surface area contributed by atoms with E-state index in [1.807, 2.05) is 6.92 Å². The van der Waals surface area contributed by atoms with Crippen molar-refractivity contribution in [2.75, 3.05) is 30.5 Å². The maximum Gasteiger partial charge on any atom is 0.337 e. The Hall–Kier alpha value is -3.35. The van der Waals surface area contributed by atoms with Crippen molar-refractivity contribution in [3.8, 4) is 5.75 Å². The first-order valence-electron chi connectivity index (χ1n) is 8.43. The van der Waals surface area contributed by atoms with Crippen LogP contribution in [0.25, 0.3) is 0 Å². The summed E-state index contributed by atoms with van der Waals surface area (Å²) in [5.41, 5.74) is 1.35. The fourth-order valence-corrected chi connectivity index (χ4v) is 2.46. The van der Waals surface area contributed by atoms with Gasteiger partial charge in [-0.2, -0.15) is 0 Å². The number of nitrogens with one attached hydrogen (secondary N) is 1. The van der Waals surface area contributed by atoms with Gasteiger partial charge in [-0.05, 0) is 49.4 Å². The zero-order valence-corrected chi connectivity index (χ0v) is 15.5. The third-order valence-electron chi connectivity index (χ3n) is 3.71. The Morgan fingerprint density at radius 1 is 1.07 bits per heavy atom. The SMILES string of the molecule is CCOc1ccc(N(CC(=O)Nc2cccc(C(=O)OC)c2)C(C)=O)cc1. The smallest absolute Gasteiger partial charge is 0.337 e. The number of hydrogen-bond donors (Lipinski definition) is 1. The molecule has 0 bridgehead atoms. The van der Waals surface area contributed by atoms with Gasteiger partial charge in [0.1, 0.15) is 12.3 Å². The topological polar surface area (TPSA) is 84.9 Å². The third kappa shape index (κ3) is 5.57. The number of benzene rings is 2. The van der Waals surface area contributed by atoms with Crippen LogP contribution in [0.5, 0.6) is 5.75 Å². The van der Waals surface area contributed by atoms with Crippen molar-refractivity contribution >= 4 is 29.2 Å². The van der Waals surface area contributed by atoms with E-state index in [0.29, 0.717) is 29.3 Å². The molecule has 0 aliphatic rings. The van der Waals surface area contributed by atoms with Crippen molar-refractivity contribution in [1.82, 2.24) is 0 Å². The molecule has 7 nitrogen and oxygen atoms in total. The van der Waals surface area contributed by atoms with Gasteiger partial charge in [0.15, 0.2) is 0 Å². The van der Waals surface area contributed by atoms with E-state index in [9.17, 15) is 14.4 Å². The first-order valence-corrected chi connectivity index (χ1v) is 8.43. The van der Waals surface area contributed by atoms with Crippen LogP contribution in [0, 0.1) is 0 Å². The van der Waals surface area contributed by atoms with Gasteiger partial charge < -0.3 is 19.7 Å². The lowest BCUT2D eigenvalue weighted by molar-refractivity contribution is -0.120. The summed E-state index contributed by atoms with van der Waals surface area (Å²) < 4.78 is 10.0. The number of nitrogens with zero attached hydrogens (tertiary/aromatic N) is 1. The number of carbonyl (C=O) groups is 3. The van der Waals surface area contributed by atoms with Crippen molar-refractivity contribution in [1.29, 1.82) is 0 Å². The molecule has 2 amide bonds. The Kier molecular flexibility index (Phi) is 6.93. The number of ether oxygens (including phenoxy) is 2. The van der Waals surface area contributed by atoms with E-state index in [1.165, 1.54) is 25.0 Å². The summed E-state index contributed by atoms with van der Waals surface area (Å²) in [6.07, 6.45) is 0. The lowest BCUT2D eigenvalue weighted by Gasteiger charge is -2.21. The first-order chi connectivity index (χ1) is 12.9. The van der Waals surface area contributed by atoms with Crippen LogP contribution in [0.3, 0.4) is 0 Å². The molecule has 0 spiro atoms. The summed E-state index contributed by atoms with van der Waals surface area (Å²) in [6.45, 7) is 3.66. The van der Waals surface area contributed by atoms with Crippen LogP contribution < -0.4 is 15.0 Å². The lowest BCUT2D eigenvalue weighted by atomic mass is 10.2. The second kappa shape index (κ2) is 9.38. The normalized spacial score (nSPS) is 10.0. The lowest BCUT2D eigenvalue weighted by Crippen LogP contribution is -2.36. The molecule has 0 aliphatic carbocycles. The zero-order chi connectivity index (χ0) is 19.8. The van der Waals surface area contributed by atoms with Crippen LogP contribution in [0.15, 0.2) is 48.5 Å². The van der Waals surface area contributed by atoms with Crippen molar-refractivity contribution in [3.05, 3.63) is 54.1 Å². The standard InChI is InChI=1S/C20H22N2O5/c1-4-27-18-10-8-17(9-11-18)22(14(2)23)13-19(24)21-16-7-5-6-15(12-16)20(25)26-3/h5-12H,4,13H2,1-3H3,(H,21,24). The van der Waals surface area contributed by atoms with Gasteiger partial charge in [-0.15, -0.1) is 0 Å². The number of hydrogen-bond acceptors (Lipinski definition) is 5. The molecular weight excluding hydrogens is 348 g/mol. The van der Waals surface area contributed by atoms with Gasteiger partial charge >= 0.3 is 5.97 Å². The number of amides is 2. The summed E-state index contributed by atoms with van der Waals surface area (Å²) >= 11 is 0. The van der Waals surface area contributed by atoms with E-state index < -0.39 is 5.97 Å². The molecule has 0 fully saturated rings. The molecule has 142 valence electrons. The van der Waals surface area contributed by atoms with E-state index in [0.717, 1.165) is 0 Å². The molecule has 27 heavy (non-hydrogen) atoms. The Labute approximate surface area is 157 Å². The molecule has 0 unspecified atom stereocenters. The summed E-state index contributed by atoms with van der Waals surface area (Å²) in [5.74, 6) is -0.460. The molecule has 0 heterocycles. The molecule has 0 aliphatic heterocycles. The Morgan fingerprint density at radius 2 is 1.78 bits per heavy atom. The summed E-state index contributed by atoms with van der Waals surface area (Å²) in [6, 6.07) is 13.3. The van der Waals surface area contributed by atoms with E-state index >= 15 is 0 Å². The highest BCUT2D eigenvalue weighted by atomic mass is 16.5. The van der Waals surface area contributed by atoms with E-state index in [1.54, 1.807) is 42.5 Å². The van der Waals surface area contributed by atoms with Gasteiger partial charge in [-0.1, -0.05) is 6.07 Å². The maximum atomic E-state index is 12.4. The number of anilines is 2. The number of carbonyl (C=O) groups excluding carboxylic acids is 3. The van der Waals surface area contributed by atoms with Crippen molar-refractivity contribution in [3.63, 3.8) is 0 Å². The highest BCUT2D eigenvalue weighted by molar-refractivity contribution is 6.02. The second-order valence-electron chi connectivity index (χ2n) is 5.65. The quantitative estimate of drug-likeness (QED) is 0.758. The van der Waals surface area contributed by atoms with Gasteiger partial charge in [0.2, 0.25) is 11.8 Å². The van der Waals surface area contributed by atoms with Gasteiger partial charge in [-0.3, -0.25) is 9.59 Å². The Morgan fingerprint density at radius 3 is 2.37 bits per heavy atom. The largest absolute Gasteiger partial charge is 0.494 e. The monoisotopic (exact) mass is 370 g/mol. The Balaban J connectivity index is 2.09.